The molecule has 2 heterocycles. The van der Waals surface area contributed by atoms with Gasteiger partial charge in [0.1, 0.15) is 5.82 Å². The second-order valence-corrected chi connectivity index (χ2v) is 4.13. The molecule has 0 amide bonds. The molecule has 0 unspecified atom stereocenters. The lowest BCUT2D eigenvalue weighted by Crippen LogP contribution is -1.92. The van der Waals surface area contributed by atoms with Crippen LogP contribution in [0, 0.1) is 11.3 Å². The quantitative estimate of drug-likeness (QED) is 0.746. The molecule has 0 aliphatic rings. The summed E-state index contributed by atoms with van der Waals surface area (Å²) in [6.07, 6.45) is 2.73. The number of nitriles is 1. The first-order chi connectivity index (χ1) is 9.26. The Balaban J connectivity index is 1.97. The third kappa shape index (κ3) is 2.13. The molecule has 0 aliphatic heterocycles. The smallest absolute Gasteiger partial charge is 0.408 e. The van der Waals surface area contributed by atoms with Crippen molar-refractivity contribution in [2.45, 2.75) is 12.8 Å². The van der Waals surface area contributed by atoms with E-state index in [9.17, 15) is 4.79 Å². The second kappa shape index (κ2) is 4.46. The van der Waals surface area contributed by atoms with E-state index in [1.54, 1.807) is 18.3 Å². The van der Waals surface area contributed by atoms with Crippen LogP contribution in [0.25, 0.3) is 22.4 Å². The zero-order chi connectivity index (χ0) is 13.2. The van der Waals surface area contributed by atoms with Crippen LogP contribution in [-0.4, -0.2) is 15.0 Å². The molecule has 0 saturated heterocycles. The molecule has 0 radical (unpaired) electrons. The number of oxazole rings is 1. The van der Waals surface area contributed by atoms with E-state index < -0.39 is 5.76 Å². The van der Waals surface area contributed by atoms with Gasteiger partial charge >= 0.3 is 5.76 Å². The number of aromatic nitrogens is 3. The number of benzene rings is 1. The number of nitrogens with one attached hydrogen (secondary N) is 2. The maximum Gasteiger partial charge on any atom is 0.417 e. The van der Waals surface area contributed by atoms with E-state index in [-0.39, 0.29) is 0 Å². The molecule has 94 valence electrons. The Morgan fingerprint density at radius 1 is 1.37 bits per heavy atom. The van der Waals surface area contributed by atoms with E-state index in [0.717, 1.165) is 17.1 Å². The maximum absolute atomic E-state index is 11.1. The highest BCUT2D eigenvalue weighted by Gasteiger charge is 2.06. The lowest BCUT2D eigenvalue weighted by Gasteiger charge is -1.96. The standard InChI is InChI=1S/C13H10N4O2/c14-5-1-2-12-15-7-10(16-12)8-3-4-9-11(6-8)19-13(18)17-9/h3-4,6-7H,1-2H2,(H,15,16)(H,17,18). The molecule has 3 aromatic rings. The van der Waals surface area contributed by atoms with Crippen LogP contribution in [0.15, 0.2) is 33.6 Å². The molecule has 19 heavy (non-hydrogen) atoms. The van der Waals surface area contributed by atoms with Crippen molar-refractivity contribution < 1.29 is 4.42 Å². The van der Waals surface area contributed by atoms with Crippen LogP contribution in [0.3, 0.4) is 0 Å². The van der Waals surface area contributed by atoms with Crippen LogP contribution >= 0.6 is 0 Å². The van der Waals surface area contributed by atoms with E-state index in [2.05, 4.69) is 21.0 Å². The summed E-state index contributed by atoms with van der Waals surface area (Å²) in [6.45, 7) is 0. The Kier molecular flexibility index (Phi) is 2.65. The number of aryl methyl sites for hydroxylation is 1. The summed E-state index contributed by atoms with van der Waals surface area (Å²) in [6, 6.07) is 7.50. The summed E-state index contributed by atoms with van der Waals surface area (Å²) in [4.78, 5) is 21.0. The van der Waals surface area contributed by atoms with Crippen LogP contribution in [0.4, 0.5) is 0 Å². The molecule has 2 N–H and O–H groups in total. The first-order valence-electron chi connectivity index (χ1n) is 5.80. The fraction of sp³-hybridized carbons (Fsp3) is 0.154. The van der Waals surface area contributed by atoms with Gasteiger partial charge in [-0.15, -0.1) is 0 Å². The van der Waals surface area contributed by atoms with Crippen LogP contribution in [0.1, 0.15) is 12.2 Å². The predicted molar refractivity (Wildman–Crippen MR) is 68.4 cm³/mol. The van der Waals surface area contributed by atoms with Crippen LogP contribution < -0.4 is 5.76 Å². The van der Waals surface area contributed by atoms with E-state index in [1.165, 1.54) is 0 Å². The van der Waals surface area contributed by atoms with E-state index in [1.807, 2.05) is 6.07 Å². The largest absolute Gasteiger partial charge is 0.417 e. The second-order valence-electron chi connectivity index (χ2n) is 4.13. The van der Waals surface area contributed by atoms with Gasteiger partial charge < -0.3 is 9.40 Å². The maximum atomic E-state index is 11.1. The van der Waals surface area contributed by atoms with Gasteiger partial charge in [0.2, 0.25) is 0 Å². The molecule has 0 saturated carbocycles. The monoisotopic (exact) mass is 254 g/mol. The van der Waals surface area contributed by atoms with Crippen molar-refractivity contribution in [2.24, 2.45) is 0 Å². The lowest BCUT2D eigenvalue weighted by atomic mass is 10.1. The van der Waals surface area contributed by atoms with Gasteiger partial charge in [0.05, 0.1) is 23.5 Å². The van der Waals surface area contributed by atoms with Crippen molar-refractivity contribution in [3.05, 3.63) is 40.8 Å². The van der Waals surface area contributed by atoms with Crippen molar-refractivity contribution in [1.82, 2.24) is 15.0 Å². The minimum absolute atomic E-state index is 0.429. The van der Waals surface area contributed by atoms with E-state index in [4.69, 9.17) is 9.68 Å². The fourth-order valence-electron chi connectivity index (χ4n) is 1.92. The Labute approximate surface area is 107 Å². The van der Waals surface area contributed by atoms with Gasteiger partial charge in [-0.05, 0) is 12.1 Å². The van der Waals surface area contributed by atoms with Crippen LogP contribution in [0.5, 0.6) is 0 Å². The number of imidazole rings is 1. The summed E-state index contributed by atoms with van der Waals surface area (Å²) < 4.78 is 5.01. The van der Waals surface area contributed by atoms with Crippen LogP contribution in [0.2, 0.25) is 0 Å². The number of aromatic amines is 2. The number of rotatable bonds is 3. The van der Waals surface area contributed by atoms with E-state index >= 15 is 0 Å². The Morgan fingerprint density at radius 3 is 3.11 bits per heavy atom. The molecule has 6 heteroatoms. The molecule has 0 bridgehead atoms. The molecular weight excluding hydrogens is 244 g/mol. The third-order valence-corrected chi connectivity index (χ3v) is 2.83. The molecule has 0 spiro atoms. The average Bonchev–Trinajstić information content (AvgIpc) is 3.00. The molecule has 6 nitrogen and oxygen atoms in total. The Bertz CT molecular complexity index is 819. The van der Waals surface area contributed by atoms with Crippen molar-refractivity contribution in [3.63, 3.8) is 0 Å². The number of hydrogen-bond donors (Lipinski definition) is 2. The third-order valence-electron chi connectivity index (χ3n) is 2.83. The highest BCUT2D eigenvalue weighted by atomic mass is 16.4. The topological polar surface area (TPSA) is 98.5 Å². The first-order valence-corrected chi connectivity index (χ1v) is 5.80. The molecule has 1 aromatic carbocycles. The average molecular weight is 254 g/mol. The molecule has 2 aromatic heterocycles. The predicted octanol–water partition coefficient (Wildman–Crippen LogP) is 1.97. The fourth-order valence-corrected chi connectivity index (χ4v) is 1.92. The number of hydrogen-bond acceptors (Lipinski definition) is 4. The molecule has 0 fully saturated rings. The van der Waals surface area contributed by atoms with E-state index in [0.29, 0.717) is 23.9 Å². The van der Waals surface area contributed by atoms with Crippen LogP contribution in [-0.2, 0) is 6.42 Å². The number of nitrogens with zero attached hydrogens (tertiary/aromatic N) is 2. The Hall–Kier alpha value is -2.81. The van der Waals surface area contributed by atoms with Gasteiger partial charge in [0, 0.05) is 18.4 Å². The van der Waals surface area contributed by atoms with Gasteiger partial charge in [-0.25, -0.2) is 9.78 Å². The number of H-pyrrole nitrogens is 2. The van der Waals surface area contributed by atoms with Crippen molar-refractivity contribution in [3.8, 4) is 17.3 Å². The minimum Gasteiger partial charge on any atom is -0.408 e. The normalized spacial score (nSPS) is 10.7. The van der Waals surface area contributed by atoms with Crippen molar-refractivity contribution in [2.75, 3.05) is 0 Å². The molecule has 0 aliphatic carbocycles. The zero-order valence-corrected chi connectivity index (χ0v) is 9.93. The SMILES string of the molecule is N#CCCc1ncc(-c2ccc3[nH]c(=O)oc3c2)[nH]1. The van der Waals surface area contributed by atoms with Crippen molar-refractivity contribution in [1.29, 1.82) is 5.26 Å². The molecule has 0 atom stereocenters. The lowest BCUT2D eigenvalue weighted by molar-refractivity contribution is 0.555. The highest BCUT2D eigenvalue weighted by Crippen LogP contribution is 2.21. The molecule has 3 rings (SSSR count). The summed E-state index contributed by atoms with van der Waals surface area (Å²) in [5.74, 6) is 0.304. The first kappa shape index (κ1) is 11.3. The molecular formula is C13H10N4O2. The number of fused-ring (bicyclic) bond motifs is 1. The van der Waals surface area contributed by atoms with Gasteiger partial charge in [0.25, 0.3) is 0 Å². The summed E-state index contributed by atoms with van der Waals surface area (Å²) in [5, 5.41) is 8.53. The highest BCUT2D eigenvalue weighted by molar-refractivity contribution is 5.78. The Morgan fingerprint density at radius 2 is 2.26 bits per heavy atom. The van der Waals surface area contributed by atoms with Gasteiger partial charge in [-0.2, -0.15) is 5.26 Å². The minimum atomic E-state index is -0.466. The van der Waals surface area contributed by atoms with Gasteiger partial charge in [-0.1, -0.05) is 6.07 Å². The van der Waals surface area contributed by atoms with Gasteiger partial charge in [0.15, 0.2) is 5.58 Å². The summed E-state index contributed by atoms with van der Waals surface area (Å²) in [5.41, 5.74) is 2.89. The summed E-state index contributed by atoms with van der Waals surface area (Å²) in [7, 11) is 0. The zero-order valence-electron chi connectivity index (χ0n) is 9.93. The van der Waals surface area contributed by atoms with Gasteiger partial charge in [-0.3, -0.25) is 4.98 Å². The summed E-state index contributed by atoms with van der Waals surface area (Å²) >= 11 is 0. The van der Waals surface area contributed by atoms with Crippen molar-refractivity contribution >= 4 is 11.1 Å².